The van der Waals surface area contributed by atoms with Crippen molar-refractivity contribution in [2.45, 2.75) is 177 Å². The number of phenolic OH excluding ortho intramolecular Hbond substituents is 1. The van der Waals surface area contributed by atoms with Crippen LogP contribution in [-0.4, -0.2) is 27.4 Å². The molecule has 0 saturated carbocycles. The molecule has 5 rings (SSSR count). The number of benzene rings is 1. The van der Waals surface area contributed by atoms with Crippen LogP contribution in [0, 0.1) is 38.4 Å². The SMILES string of the molecule is CC(C)(C)C1=CC(=C(c2cc(C(C)(C)C)c(O)c(C(C)(C)C)c2)c2cccc(C(=C3C=C(C(C)(C)C)C(=O)C(C(C)(C)C)=C3)C3C=C(C(C)(C)C)C(=O)C(C(C)(C)C)=C3)n2)C=C(C(C)(C)C)C1=O. The van der Waals surface area contributed by atoms with Gasteiger partial charge >= 0.3 is 0 Å². The van der Waals surface area contributed by atoms with Crippen molar-refractivity contribution in [2.75, 3.05) is 0 Å². The van der Waals surface area contributed by atoms with E-state index >= 15 is 0 Å². The third-order valence-electron chi connectivity index (χ3n) is 13.4. The Hall–Kier alpha value is -4.90. The number of aromatic hydroxyl groups is 1. The molecule has 0 aliphatic heterocycles. The zero-order chi connectivity index (χ0) is 52.0. The molecule has 0 fully saturated rings. The van der Waals surface area contributed by atoms with E-state index in [2.05, 4.69) is 233 Å². The molecule has 0 radical (unpaired) electrons. The van der Waals surface area contributed by atoms with Crippen LogP contribution in [0.25, 0.3) is 11.1 Å². The number of allylic oxidation sites excluding steroid dienone is 15. The van der Waals surface area contributed by atoms with Gasteiger partial charge in [0, 0.05) is 56.1 Å². The molecule has 5 heteroatoms. The highest BCUT2D eigenvalue weighted by atomic mass is 16.3. The van der Waals surface area contributed by atoms with Crippen molar-refractivity contribution in [1.82, 2.24) is 4.98 Å². The number of carbonyl (C=O) groups is 3. The van der Waals surface area contributed by atoms with Gasteiger partial charge in [-0.1, -0.05) is 184 Å². The Bertz CT molecular complexity index is 2560. The van der Waals surface area contributed by atoms with E-state index < -0.39 is 43.3 Å². The van der Waals surface area contributed by atoms with Gasteiger partial charge in [-0.15, -0.1) is 0 Å². The molecule has 68 heavy (non-hydrogen) atoms. The number of pyridine rings is 1. The van der Waals surface area contributed by atoms with E-state index in [1.54, 1.807) is 0 Å². The second kappa shape index (κ2) is 17.5. The lowest BCUT2D eigenvalue weighted by Gasteiger charge is -2.35. The van der Waals surface area contributed by atoms with Crippen LogP contribution in [0.3, 0.4) is 0 Å². The molecule has 0 amide bonds. The molecule has 1 heterocycles. The van der Waals surface area contributed by atoms with Gasteiger partial charge in [0.15, 0.2) is 17.3 Å². The van der Waals surface area contributed by atoms with Crippen LogP contribution in [-0.2, 0) is 25.2 Å². The standard InChI is InChI=1S/C63H85NO4/c1-56(2,3)40-28-36(29-41(52(40)65)57(4,5)6)50(37-30-42(58(7,8)9)53(66)43(31-37)59(10,11)12)48-26-25-27-49(64-48)51(38-32-44(60(13,14)15)54(67)45(33-38)61(16,17)18)39-34-46(62(19,20)21)55(68)47(35-39)63(22,23)24/h25-36,67H,1-24H3. The number of Topliss-reactive ketones (excluding diaryl/α,β-unsaturated/α-hetero) is 3. The molecule has 3 aliphatic carbocycles. The Morgan fingerprint density at radius 3 is 1.06 bits per heavy atom. The van der Waals surface area contributed by atoms with E-state index in [0.29, 0.717) is 11.4 Å². The Morgan fingerprint density at radius 2 is 0.735 bits per heavy atom. The highest BCUT2D eigenvalue weighted by Gasteiger charge is 2.40. The third kappa shape index (κ3) is 11.1. The van der Waals surface area contributed by atoms with Gasteiger partial charge in [-0.2, -0.15) is 0 Å². The fourth-order valence-corrected chi connectivity index (χ4v) is 9.46. The van der Waals surface area contributed by atoms with E-state index in [1.165, 1.54) is 0 Å². The molecule has 0 unspecified atom stereocenters. The maximum absolute atomic E-state index is 14.5. The van der Waals surface area contributed by atoms with Crippen LogP contribution in [0.4, 0.5) is 0 Å². The molecular weight excluding hydrogens is 835 g/mol. The number of aromatic nitrogens is 1. The zero-order valence-corrected chi connectivity index (χ0v) is 46.5. The van der Waals surface area contributed by atoms with Crippen molar-refractivity contribution in [3.8, 4) is 5.75 Å². The van der Waals surface area contributed by atoms with Gasteiger partial charge in [0.1, 0.15) is 5.75 Å². The van der Waals surface area contributed by atoms with Gasteiger partial charge in [0.25, 0.3) is 0 Å². The first kappa shape index (κ1) is 54.0. The van der Waals surface area contributed by atoms with Crippen molar-refractivity contribution in [3.05, 3.63) is 139 Å². The minimum absolute atomic E-state index is 0.0442. The largest absolute Gasteiger partial charge is 0.507 e. The third-order valence-corrected chi connectivity index (χ3v) is 13.4. The summed E-state index contributed by atoms with van der Waals surface area (Å²) in [6.45, 7) is 50.4. The smallest absolute Gasteiger partial charge is 0.186 e. The average molecular weight is 920 g/mol. The number of carbonyl (C=O) groups excluding carboxylic acids is 3. The van der Waals surface area contributed by atoms with Crippen LogP contribution in [0.2, 0.25) is 0 Å². The molecule has 0 saturated heterocycles. The highest BCUT2D eigenvalue weighted by molar-refractivity contribution is 6.14. The van der Waals surface area contributed by atoms with Crippen molar-refractivity contribution in [2.24, 2.45) is 38.4 Å². The summed E-state index contributed by atoms with van der Waals surface area (Å²) in [4.78, 5) is 49.3. The normalized spacial score (nSPS) is 17.7. The van der Waals surface area contributed by atoms with Crippen LogP contribution in [0.5, 0.6) is 5.75 Å². The number of phenols is 1. The first-order chi connectivity index (χ1) is 30.5. The van der Waals surface area contributed by atoms with Crippen molar-refractivity contribution in [1.29, 1.82) is 0 Å². The topological polar surface area (TPSA) is 84.3 Å². The molecule has 0 atom stereocenters. The molecule has 1 aromatic heterocycles. The van der Waals surface area contributed by atoms with Crippen molar-refractivity contribution >= 4 is 28.5 Å². The molecule has 2 aromatic rings. The average Bonchev–Trinajstić information content (AvgIpc) is 3.13. The number of hydrogen-bond acceptors (Lipinski definition) is 5. The zero-order valence-electron chi connectivity index (χ0n) is 46.5. The molecule has 1 aromatic carbocycles. The fraction of sp³-hybridized carbons (Fsp3) is 0.524. The monoisotopic (exact) mass is 920 g/mol. The molecular formula is C63H85NO4. The van der Waals surface area contributed by atoms with Gasteiger partial charge < -0.3 is 5.11 Å². The highest BCUT2D eigenvalue weighted by Crippen LogP contribution is 2.49. The van der Waals surface area contributed by atoms with Gasteiger partial charge in [-0.3, -0.25) is 14.4 Å². The number of ketones is 3. The predicted molar refractivity (Wildman–Crippen MR) is 286 cm³/mol. The summed E-state index contributed by atoms with van der Waals surface area (Å²) in [7, 11) is 0. The minimum Gasteiger partial charge on any atom is -0.507 e. The summed E-state index contributed by atoms with van der Waals surface area (Å²) in [6, 6.07) is 10.4. The number of nitrogens with zero attached hydrogens (tertiary/aromatic N) is 1. The van der Waals surface area contributed by atoms with E-state index in [-0.39, 0.29) is 29.0 Å². The van der Waals surface area contributed by atoms with E-state index in [9.17, 15) is 19.5 Å². The lowest BCUT2D eigenvalue weighted by Crippen LogP contribution is -2.30. The first-order valence-corrected chi connectivity index (χ1v) is 24.8. The van der Waals surface area contributed by atoms with Crippen LogP contribution in [0.1, 0.15) is 194 Å². The Balaban J connectivity index is 2.10. The number of hydrogen-bond donors (Lipinski definition) is 1. The lowest BCUT2D eigenvalue weighted by atomic mass is 9.68. The van der Waals surface area contributed by atoms with Crippen molar-refractivity contribution in [3.63, 3.8) is 0 Å². The Labute approximate surface area is 411 Å². The summed E-state index contributed by atoms with van der Waals surface area (Å²) in [5.41, 5.74) is 8.23. The van der Waals surface area contributed by atoms with Gasteiger partial charge in [0.05, 0.1) is 11.4 Å². The second-order valence-corrected chi connectivity index (χ2v) is 27.9. The van der Waals surface area contributed by atoms with Crippen LogP contribution >= 0.6 is 0 Å². The lowest BCUT2D eigenvalue weighted by molar-refractivity contribution is -0.115. The maximum atomic E-state index is 14.5. The summed E-state index contributed by atoms with van der Waals surface area (Å²) >= 11 is 0. The molecule has 0 spiro atoms. The second-order valence-electron chi connectivity index (χ2n) is 27.9. The molecule has 5 nitrogen and oxygen atoms in total. The van der Waals surface area contributed by atoms with E-state index in [1.807, 2.05) is 0 Å². The summed E-state index contributed by atoms with van der Waals surface area (Å²) < 4.78 is 0. The first-order valence-electron chi connectivity index (χ1n) is 24.8. The maximum Gasteiger partial charge on any atom is 0.186 e. The fourth-order valence-electron chi connectivity index (χ4n) is 9.46. The summed E-state index contributed by atoms with van der Waals surface area (Å²) in [6.07, 6.45) is 12.5. The predicted octanol–water partition coefficient (Wildman–Crippen LogP) is 16.1. The summed E-state index contributed by atoms with van der Waals surface area (Å²) in [5.74, 6) is 0.0498. The number of rotatable bonds is 4. The minimum atomic E-state index is -0.466. The van der Waals surface area contributed by atoms with Crippen LogP contribution in [0.15, 0.2) is 111 Å². The van der Waals surface area contributed by atoms with E-state index in [0.717, 1.165) is 72.4 Å². The Morgan fingerprint density at radius 1 is 0.426 bits per heavy atom. The molecule has 1 N–H and O–H groups in total. The molecule has 3 aliphatic rings. The quantitative estimate of drug-likeness (QED) is 0.330. The molecule has 0 bridgehead atoms. The van der Waals surface area contributed by atoms with Crippen LogP contribution < -0.4 is 0 Å². The van der Waals surface area contributed by atoms with Gasteiger partial charge in [0.2, 0.25) is 0 Å². The van der Waals surface area contributed by atoms with Crippen molar-refractivity contribution < 1.29 is 19.5 Å². The van der Waals surface area contributed by atoms with Gasteiger partial charge in [-0.25, -0.2) is 4.98 Å². The van der Waals surface area contributed by atoms with Gasteiger partial charge in [-0.05, 0) is 114 Å². The molecule has 366 valence electrons. The summed E-state index contributed by atoms with van der Waals surface area (Å²) in [5, 5.41) is 12.1. The van der Waals surface area contributed by atoms with E-state index in [4.69, 9.17) is 4.98 Å². The Kier molecular flexibility index (Phi) is 13.9.